The number of thioether (sulfide) groups is 1. The summed E-state index contributed by atoms with van der Waals surface area (Å²) < 4.78 is 0. The number of nitrogens with one attached hydrogen (secondary N) is 1. The second kappa shape index (κ2) is 4.03. The molecular weight excluding hydrogens is 194 g/mol. The molecule has 0 aromatic rings. The molecule has 0 spiro atoms. The second-order valence-corrected chi connectivity index (χ2v) is 6.41. The number of rotatable bonds is 3. The molecule has 0 aromatic heterocycles. The van der Waals surface area contributed by atoms with E-state index in [1.807, 2.05) is 0 Å². The Kier molecular flexibility index (Phi) is 3.10. The lowest BCUT2D eigenvalue weighted by atomic mass is 9.64. The normalized spacial score (nSPS) is 40.9. The average molecular weight is 215 g/mol. The van der Waals surface area contributed by atoms with Gasteiger partial charge in [-0.1, -0.05) is 13.8 Å². The lowest BCUT2D eigenvalue weighted by Gasteiger charge is -2.50. The molecule has 0 radical (unpaired) electrons. The standard InChI is InChI=1S/C11H21NOS/c1-11(2)9(5-10(11)13)12-6-8-3-4-14-7-8/h8-10,12-13H,3-7H2,1-2H3. The molecule has 1 aliphatic carbocycles. The Morgan fingerprint density at radius 1 is 1.50 bits per heavy atom. The molecule has 0 aromatic carbocycles. The minimum atomic E-state index is -0.0991. The third kappa shape index (κ3) is 1.95. The monoisotopic (exact) mass is 215 g/mol. The summed E-state index contributed by atoms with van der Waals surface area (Å²) in [7, 11) is 0. The van der Waals surface area contributed by atoms with Gasteiger partial charge in [0.15, 0.2) is 0 Å². The molecule has 3 atom stereocenters. The van der Waals surface area contributed by atoms with Crippen molar-refractivity contribution in [3.8, 4) is 0 Å². The van der Waals surface area contributed by atoms with Crippen molar-refractivity contribution in [1.29, 1.82) is 0 Å². The van der Waals surface area contributed by atoms with Crippen molar-refractivity contribution in [2.24, 2.45) is 11.3 Å². The molecule has 0 amide bonds. The SMILES string of the molecule is CC1(C)C(O)CC1NCC1CCSC1. The summed E-state index contributed by atoms with van der Waals surface area (Å²) in [5.41, 5.74) is 0.0890. The minimum absolute atomic E-state index is 0.0890. The van der Waals surface area contributed by atoms with Gasteiger partial charge >= 0.3 is 0 Å². The van der Waals surface area contributed by atoms with Crippen LogP contribution in [0.25, 0.3) is 0 Å². The Bertz CT molecular complexity index is 201. The Morgan fingerprint density at radius 2 is 2.29 bits per heavy atom. The van der Waals surface area contributed by atoms with E-state index in [0.717, 1.165) is 18.9 Å². The molecule has 0 bridgehead atoms. The first-order valence-corrected chi connectivity index (χ1v) is 6.75. The summed E-state index contributed by atoms with van der Waals surface area (Å²) in [4.78, 5) is 0. The van der Waals surface area contributed by atoms with Crippen molar-refractivity contribution in [2.45, 2.75) is 38.8 Å². The molecule has 2 aliphatic rings. The highest BCUT2D eigenvalue weighted by atomic mass is 32.2. The summed E-state index contributed by atoms with van der Waals surface area (Å²) >= 11 is 2.07. The Morgan fingerprint density at radius 3 is 2.79 bits per heavy atom. The number of aliphatic hydroxyl groups excluding tert-OH is 1. The second-order valence-electron chi connectivity index (χ2n) is 5.26. The summed E-state index contributed by atoms with van der Waals surface area (Å²) in [6.45, 7) is 5.46. The van der Waals surface area contributed by atoms with E-state index < -0.39 is 0 Å². The first kappa shape index (κ1) is 10.8. The number of hydrogen-bond donors (Lipinski definition) is 2. The molecule has 82 valence electrons. The zero-order valence-electron chi connectivity index (χ0n) is 9.12. The molecule has 3 heteroatoms. The molecule has 2 nitrogen and oxygen atoms in total. The van der Waals surface area contributed by atoms with Crippen molar-refractivity contribution in [3.05, 3.63) is 0 Å². The van der Waals surface area contributed by atoms with Gasteiger partial charge in [-0.15, -0.1) is 0 Å². The van der Waals surface area contributed by atoms with Crippen LogP contribution in [0.2, 0.25) is 0 Å². The van der Waals surface area contributed by atoms with Crippen LogP contribution in [0.3, 0.4) is 0 Å². The fourth-order valence-corrected chi connectivity index (χ4v) is 3.59. The van der Waals surface area contributed by atoms with Crippen LogP contribution in [-0.4, -0.2) is 35.3 Å². The average Bonchev–Trinajstić information content (AvgIpc) is 2.64. The molecule has 1 saturated heterocycles. The third-order valence-electron chi connectivity index (χ3n) is 3.89. The molecule has 3 unspecified atom stereocenters. The number of hydrogen-bond acceptors (Lipinski definition) is 3. The first-order chi connectivity index (χ1) is 6.60. The van der Waals surface area contributed by atoms with Crippen LogP contribution < -0.4 is 5.32 Å². The van der Waals surface area contributed by atoms with E-state index in [9.17, 15) is 5.11 Å². The van der Waals surface area contributed by atoms with Crippen molar-refractivity contribution in [3.63, 3.8) is 0 Å². The summed E-state index contributed by atoms with van der Waals surface area (Å²) in [6.07, 6.45) is 2.21. The Balaban J connectivity index is 1.71. The molecular formula is C11H21NOS. The van der Waals surface area contributed by atoms with E-state index in [1.165, 1.54) is 17.9 Å². The van der Waals surface area contributed by atoms with E-state index in [4.69, 9.17) is 0 Å². The molecule has 14 heavy (non-hydrogen) atoms. The maximum atomic E-state index is 9.59. The van der Waals surface area contributed by atoms with Gasteiger partial charge in [-0.2, -0.15) is 11.8 Å². The van der Waals surface area contributed by atoms with Gasteiger partial charge < -0.3 is 10.4 Å². The molecule has 2 rings (SSSR count). The van der Waals surface area contributed by atoms with Crippen LogP contribution in [0.5, 0.6) is 0 Å². The smallest absolute Gasteiger partial charge is 0.0621 e. The topological polar surface area (TPSA) is 32.3 Å². The van der Waals surface area contributed by atoms with Gasteiger partial charge in [0.05, 0.1) is 6.10 Å². The van der Waals surface area contributed by atoms with Gasteiger partial charge in [0.2, 0.25) is 0 Å². The molecule has 1 heterocycles. The summed E-state index contributed by atoms with van der Waals surface area (Å²) in [6, 6.07) is 0.531. The van der Waals surface area contributed by atoms with Gasteiger partial charge in [0.25, 0.3) is 0 Å². The highest BCUT2D eigenvalue weighted by molar-refractivity contribution is 7.99. The molecule has 1 aliphatic heterocycles. The quantitative estimate of drug-likeness (QED) is 0.748. The minimum Gasteiger partial charge on any atom is -0.392 e. The molecule has 1 saturated carbocycles. The van der Waals surface area contributed by atoms with Crippen molar-refractivity contribution in [2.75, 3.05) is 18.1 Å². The van der Waals surface area contributed by atoms with Crippen molar-refractivity contribution in [1.82, 2.24) is 5.32 Å². The Labute approximate surface area is 90.8 Å². The highest BCUT2D eigenvalue weighted by Gasteiger charge is 2.46. The predicted molar refractivity (Wildman–Crippen MR) is 61.6 cm³/mol. The fourth-order valence-electron chi connectivity index (χ4n) is 2.30. The zero-order valence-corrected chi connectivity index (χ0v) is 9.94. The van der Waals surface area contributed by atoms with E-state index in [2.05, 4.69) is 30.9 Å². The Hall–Kier alpha value is 0.270. The lowest BCUT2D eigenvalue weighted by Crippen LogP contribution is -2.60. The van der Waals surface area contributed by atoms with Crippen molar-refractivity contribution >= 4 is 11.8 Å². The molecule has 2 fully saturated rings. The van der Waals surface area contributed by atoms with Crippen LogP contribution in [0, 0.1) is 11.3 Å². The van der Waals surface area contributed by atoms with Crippen LogP contribution in [-0.2, 0) is 0 Å². The van der Waals surface area contributed by atoms with Crippen LogP contribution in [0.4, 0.5) is 0 Å². The van der Waals surface area contributed by atoms with E-state index in [0.29, 0.717) is 6.04 Å². The lowest BCUT2D eigenvalue weighted by molar-refractivity contribution is -0.0730. The van der Waals surface area contributed by atoms with Gasteiger partial charge in [0.1, 0.15) is 0 Å². The first-order valence-electron chi connectivity index (χ1n) is 5.60. The van der Waals surface area contributed by atoms with Crippen LogP contribution >= 0.6 is 11.8 Å². The largest absolute Gasteiger partial charge is 0.392 e. The third-order valence-corrected chi connectivity index (χ3v) is 5.12. The van der Waals surface area contributed by atoms with E-state index in [1.54, 1.807) is 0 Å². The summed E-state index contributed by atoms with van der Waals surface area (Å²) in [5.74, 6) is 3.53. The van der Waals surface area contributed by atoms with Gasteiger partial charge in [0, 0.05) is 11.5 Å². The fraction of sp³-hybridized carbons (Fsp3) is 1.00. The summed E-state index contributed by atoms with van der Waals surface area (Å²) in [5, 5.41) is 13.2. The van der Waals surface area contributed by atoms with Gasteiger partial charge in [-0.05, 0) is 36.8 Å². The van der Waals surface area contributed by atoms with Crippen molar-refractivity contribution < 1.29 is 5.11 Å². The zero-order chi connectivity index (χ0) is 10.2. The maximum absolute atomic E-state index is 9.59. The van der Waals surface area contributed by atoms with E-state index in [-0.39, 0.29) is 11.5 Å². The van der Waals surface area contributed by atoms with E-state index >= 15 is 0 Å². The highest BCUT2D eigenvalue weighted by Crippen LogP contribution is 2.40. The predicted octanol–water partition coefficient (Wildman–Crippen LogP) is 1.49. The van der Waals surface area contributed by atoms with Gasteiger partial charge in [-0.3, -0.25) is 0 Å². The van der Waals surface area contributed by atoms with Gasteiger partial charge in [-0.25, -0.2) is 0 Å². The molecule has 2 N–H and O–H groups in total. The maximum Gasteiger partial charge on any atom is 0.0621 e. The van der Waals surface area contributed by atoms with Crippen LogP contribution in [0.15, 0.2) is 0 Å². The van der Waals surface area contributed by atoms with Crippen LogP contribution in [0.1, 0.15) is 26.7 Å². The number of aliphatic hydroxyl groups is 1.